The van der Waals surface area contributed by atoms with Crippen LogP contribution in [0.1, 0.15) is 48.0 Å². The van der Waals surface area contributed by atoms with Gasteiger partial charge in [0.15, 0.2) is 16.6 Å². The molecule has 0 aliphatic heterocycles. The average molecular weight is 482 g/mol. The zero-order chi connectivity index (χ0) is 24.5. The first-order chi connectivity index (χ1) is 16.4. The van der Waals surface area contributed by atoms with E-state index in [9.17, 15) is 9.59 Å². The molecule has 1 aliphatic carbocycles. The van der Waals surface area contributed by atoms with Gasteiger partial charge in [0.2, 0.25) is 5.91 Å². The third-order valence-electron chi connectivity index (χ3n) is 5.92. The molecule has 0 bridgehead atoms. The van der Waals surface area contributed by atoms with Gasteiger partial charge in [0.05, 0.1) is 25.5 Å². The Hall–Kier alpha value is -3.39. The third-order valence-corrected chi connectivity index (χ3v) is 6.12. The highest BCUT2D eigenvalue weighted by atomic mass is 32.1. The van der Waals surface area contributed by atoms with Crippen molar-refractivity contribution in [3.05, 3.63) is 59.7 Å². The summed E-state index contributed by atoms with van der Waals surface area (Å²) in [6.07, 6.45) is 8.60. The first-order valence-corrected chi connectivity index (χ1v) is 11.7. The molecule has 0 heterocycles. The van der Waals surface area contributed by atoms with Crippen LogP contribution in [0.3, 0.4) is 0 Å². The fraction of sp³-hybridized carbons (Fsp3) is 0.346. The van der Waals surface area contributed by atoms with Gasteiger partial charge in [0, 0.05) is 19.2 Å². The number of nitrogens with zero attached hydrogens (tertiary/aromatic N) is 1. The number of methoxy groups -OCH3 is 2. The van der Waals surface area contributed by atoms with Crippen molar-refractivity contribution < 1.29 is 19.1 Å². The van der Waals surface area contributed by atoms with Crippen molar-refractivity contribution >= 4 is 40.9 Å². The monoisotopic (exact) mass is 481 g/mol. The summed E-state index contributed by atoms with van der Waals surface area (Å²) >= 11 is 5.31. The van der Waals surface area contributed by atoms with Gasteiger partial charge in [0.1, 0.15) is 0 Å². The second kappa shape index (κ2) is 12.2. The smallest absolute Gasteiger partial charge is 0.255 e. The fourth-order valence-corrected chi connectivity index (χ4v) is 4.25. The molecular weight excluding hydrogens is 450 g/mol. The van der Waals surface area contributed by atoms with Crippen LogP contribution in [0.4, 0.5) is 5.69 Å². The van der Waals surface area contributed by atoms with Gasteiger partial charge in [-0.2, -0.15) is 0 Å². The Labute approximate surface area is 206 Å². The second-order valence-corrected chi connectivity index (χ2v) is 8.55. The van der Waals surface area contributed by atoms with E-state index in [1.54, 1.807) is 44.6 Å². The largest absolute Gasteiger partial charge is 0.493 e. The van der Waals surface area contributed by atoms with Gasteiger partial charge in [-0.05, 0) is 61.0 Å². The van der Waals surface area contributed by atoms with Crippen LogP contribution in [-0.4, -0.2) is 49.1 Å². The van der Waals surface area contributed by atoms with Crippen LogP contribution in [0.5, 0.6) is 11.5 Å². The maximum absolute atomic E-state index is 13.2. The summed E-state index contributed by atoms with van der Waals surface area (Å²) < 4.78 is 10.5. The van der Waals surface area contributed by atoms with Crippen molar-refractivity contribution in [1.29, 1.82) is 0 Å². The van der Waals surface area contributed by atoms with Crippen molar-refractivity contribution in [2.75, 3.05) is 26.6 Å². The molecule has 0 spiro atoms. The zero-order valence-corrected chi connectivity index (χ0v) is 20.6. The van der Waals surface area contributed by atoms with Gasteiger partial charge in [-0.3, -0.25) is 14.9 Å². The first-order valence-electron chi connectivity index (χ1n) is 11.3. The van der Waals surface area contributed by atoms with E-state index < -0.39 is 5.91 Å². The van der Waals surface area contributed by atoms with Gasteiger partial charge in [0.25, 0.3) is 5.91 Å². The van der Waals surface area contributed by atoms with E-state index in [0.29, 0.717) is 22.7 Å². The highest BCUT2D eigenvalue weighted by Gasteiger charge is 2.24. The summed E-state index contributed by atoms with van der Waals surface area (Å²) in [6.45, 7) is 0. The van der Waals surface area contributed by atoms with Crippen molar-refractivity contribution in [2.45, 2.75) is 38.1 Å². The SMILES string of the molecule is COc1ccc(C=CC(=O)NC(=S)Nc2ccccc2C(=O)N(C)C2CCCCC2)cc1OC. The molecule has 0 unspecified atom stereocenters. The standard InChI is InChI=1S/C26H31N3O4S/c1-29(19-9-5-4-6-10-19)25(31)20-11-7-8-12-21(20)27-26(34)28-24(30)16-14-18-13-15-22(32-2)23(17-18)33-3/h7-8,11-17,19H,4-6,9-10H2,1-3H3,(H2,27,28,30,34). The number of anilines is 1. The summed E-state index contributed by atoms with van der Waals surface area (Å²) in [4.78, 5) is 27.3. The van der Waals surface area contributed by atoms with E-state index >= 15 is 0 Å². The van der Waals surface area contributed by atoms with Gasteiger partial charge in [-0.1, -0.05) is 37.5 Å². The molecule has 34 heavy (non-hydrogen) atoms. The molecule has 3 rings (SSSR count). The minimum atomic E-state index is -0.393. The summed E-state index contributed by atoms with van der Waals surface area (Å²) in [5, 5.41) is 5.73. The van der Waals surface area contributed by atoms with E-state index in [1.807, 2.05) is 30.1 Å². The van der Waals surface area contributed by atoms with E-state index in [1.165, 1.54) is 12.5 Å². The summed E-state index contributed by atoms with van der Waals surface area (Å²) in [7, 11) is 4.97. The average Bonchev–Trinajstić information content (AvgIpc) is 2.87. The lowest BCUT2D eigenvalue weighted by atomic mass is 9.94. The summed E-state index contributed by atoms with van der Waals surface area (Å²) in [5.41, 5.74) is 1.85. The summed E-state index contributed by atoms with van der Waals surface area (Å²) in [6, 6.07) is 12.8. The molecule has 0 aromatic heterocycles. The van der Waals surface area contributed by atoms with Crippen molar-refractivity contribution in [2.24, 2.45) is 0 Å². The molecule has 1 fully saturated rings. The van der Waals surface area contributed by atoms with Gasteiger partial charge in [-0.15, -0.1) is 0 Å². The zero-order valence-electron chi connectivity index (χ0n) is 19.8. The molecule has 1 saturated carbocycles. The molecule has 1 aliphatic rings. The fourth-order valence-electron chi connectivity index (χ4n) is 4.04. The molecule has 2 aromatic rings. The summed E-state index contributed by atoms with van der Waals surface area (Å²) in [5.74, 6) is 0.728. The van der Waals surface area contributed by atoms with Gasteiger partial charge < -0.3 is 19.7 Å². The van der Waals surface area contributed by atoms with E-state index in [2.05, 4.69) is 10.6 Å². The molecule has 2 N–H and O–H groups in total. The minimum Gasteiger partial charge on any atom is -0.493 e. The maximum Gasteiger partial charge on any atom is 0.255 e. The van der Waals surface area contributed by atoms with Crippen molar-refractivity contribution in [1.82, 2.24) is 10.2 Å². The number of carbonyl (C=O) groups excluding carboxylic acids is 2. The maximum atomic E-state index is 13.2. The van der Waals surface area contributed by atoms with Crippen LogP contribution in [-0.2, 0) is 4.79 Å². The number of ether oxygens (including phenoxy) is 2. The lowest BCUT2D eigenvalue weighted by Crippen LogP contribution is -2.39. The second-order valence-electron chi connectivity index (χ2n) is 8.14. The number of thiocarbonyl (C=S) groups is 1. The Morgan fingerprint density at radius 3 is 2.44 bits per heavy atom. The number of hydrogen-bond donors (Lipinski definition) is 2. The number of carbonyl (C=O) groups is 2. The molecule has 2 amide bonds. The number of amides is 2. The van der Waals surface area contributed by atoms with Crippen molar-refractivity contribution in [3.8, 4) is 11.5 Å². The van der Waals surface area contributed by atoms with Crippen LogP contribution in [0.25, 0.3) is 6.08 Å². The highest BCUT2D eigenvalue weighted by Crippen LogP contribution is 2.28. The quantitative estimate of drug-likeness (QED) is 0.443. The predicted octanol–water partition coefficient (Wildman–Crippen LogP) is 4.63. The predicted molar refractivity (Wildman–Crippen MR) is 138 cm³/mol. The van der Waals surface area contributed by atoms with E-state index in [0.717, 1.165) is 31.2 Å². The lowest BCUT2D eigenvalue weighted by molar-refractivity contribution is -0.115. The highest BCUT2D eigenvalue weighted by molar-refractivity contribution is 7.80. The number of rotatable bonds is 7. The van der Waals surface area contributed by atoms with E-state index in [-0.39, 0.29) is 17.1 Å². The molecule has 8 heteroatoms. The Bertz CT molecular complexity index is 1060. The van der Waals surface area contributed by atoms with Gasteiger partial charge >= 0.3 is 0 Å². The molecular formula is C26H31N3O4S. The normalized spacial score (nSPS) is 13.9. The third kappa shape index (κ3) is 6.57. The van der Waals surface area contributed by atoms with Crippen LogP contribution in [0.15, 0.2) is 48.5 Å². The van der Waals surface area contributed by atoms with Crippen LogP contribution < -0.4 is 20.1 Å². The van der Waals surface area contributed by atoms with Gasteiger partial charge in [-0.25, -0.2) is 0 Å². The van der Waals surface area contributed by atoms with Crippen molar-refractivity contribution in [3.63, 3.8) is 0 Å². The molecule has 0 radical (unpaired) electrons. The number of nitrogens with one attached hydrogen (secondary N) is 2. The molecule has 180 valence electrons. The number of benzene rings is 2. The topological polar surface area (TPSA) is 79.9 Å². The Kier molecular flexibility index (Phi) is 9.04. The molecule has 0 atom stereocenters. The van der Waals surface area contributed by atoms with Crippen LogP contribution in [0, 0.1) is 0 Å². The molecule has 0 saturated heterocycles. The minimum absolute atomic E-state index is 0.0579. The Morgan fingerprint density at radius 2 is 1.74 bits per heavy atom. The molecule has 2 aromatic carbocycles. The van der Waals surface area contributed by atoms with Crippen LogP contribution >= 0.6 is 12.2 Å². The van der Waals surface area contributed by atoms with E-state index in [4.69, 9.17) is 21.7 Å². The number of para-hydroxylation sites is 1. The molecule has 7 nitrogen and oxygen atoms in total. The lowest BCUT2D eigenvalue weighted by Gasteiger charge is -2.31. The first kappa shape index (κ1) is 25.2. The van der Waals surface area contributed by atoms with Crippen LogP contribution in [0.2, 0.25) is 0 Å². The Balaban J connectivity index is 1.62. The Morgan fingerprint density at radius 1 is 1.03 bits per heavy atom. The number of hydrogen-bond acceptors (Lipinski definition) is 5.